The van der Waals surface area contributed by atoms with Crippen LogP contribution < -0.4 is 5.32 Å². The van der Waals surface area contributed by atoms with Crippen LogP contribution >= 0.6 is 0 Å². The van der Waals surface area contributed by atoms with Gasteiger partial charge in [-0.3, -0.25) is 14.4 Å². The van der Waals surface area contributed by atoms with E-state index in [0.717, 1.165) is 32.1 Å². The molecular weight excluding hydrogens is 258 g/mol. The molecule has 0 fully saturated rings. The number of hydrogen-bond donors (Lipinski definition) is 2. The van der Waals surface area contributed by atoms with Gasteiger partial charge in [0.25, 0.3) is 0 Å². The standard InChI is InChI=1S/C15H27NO4/c1-3-4-6-9-13(17)10-7-5-8-11-14(18)16-12(2)15(19)20/h12H,3-11H2,1-2H3,(H,16,18)(H,19,20)/t12-/m0/s1. The van der Waals surface area contributed by atoms with Crippen molar-refractivity contribution in [3.05, 3.63) is 0 Å². The van der Waals surface area contributed by atoms with Gasteiger partial charge in [0.1, 0.15) is 11.8 Å². The van der Waals surface area contributed by atoms with Crippen molar-refractivity contribution < 1.29 is 19.5 Å². The van der Waals surface area contributed by atoms with Crippen molar-refractivity contribution in [3.8, 4) is 0 Å². The van der Waals surface area contributed by atoms with Crippen LogP contribution in [-0.4, -0.2) is 28.8 Å². The van der Waals surface area contributed by atoms with E-state index in [0.29, 0.717) is 31.5 Å². The zero-order valence-electron chi connectivity index (χ0n) is 12.6. The maximum Gasteiger partial charge on any atom is 0.325 e. The summed E-state index contributed by atoms with van der Waals surface area (Å²) in [5, 5.41) is 11.0. The first-order valence-corrected chi connectivity index (χ1v) is 7.51. The van der Waals surface area contributed by atoms with Gasteiger partial charge in [0, 0.05) is 19.3 Å². The van der Waals surface area contributed by atoms with Crippen LogP contribution in [-0.2, 0) is 14.4 Å². The number of Topliss-reactive ketones (excluding diaryl/α,β-unsaturated/α-hetero) is 1. The van der Waals surface area contributed by atoms with E-state index in [9.17, 15) is 14.4 Å². The molecule has 5 heteroatoms. The maximum atomic E-state index is 11.5. The van der Waals surface area contributed by atoms with Crippen molar-refractivity contribution >= 4 is 17.7 Å². The van der Waals surface area contributed by atoms with Crippen LogP contribution in [0.1, 0.15) is 71.6 Å². The van der Waals surface area contributed by atoms with E-state index < -0.39 is 12.0 Å². The first-order valence-electron chi connectivity index (χ1n) is 7.51. The molecule has 0 saturated carbocycles. The van der Waals surface area contributed by atoms with E-state index in [1.165, 1.54) is 6.92 Å². The summed E-state index contributed by atoms with van der Waals surface area (Å²) in [5.74, 6) is -0.965. The third-order valence-electron chi connectivity index (χ3n) is 3.17. The number of aliphatic carboxylic acids is 1. The Morgan fingerprint density at radius 2 is 1.50 bits per heavy atom. The van der Waals surface area contributed by atoms with Gasteiger partial charge in [0.15, 0.2) is 0 Å². The molecule has 20 heavy (non-hydrogen) atoms. The minimum atomic E-state index is -1.03. The largest absolute Gasteiger partial charge is 0.480 e. The molecule has 0 aliphatic rings. The number of nitrogens with one attached hydrogen (secondary N) is 1. The lowest BCUT2D eigenvalue weighted by atomic mass is 10.1. The van der Waals surface area contributed by atoms with E-state index in [-0.39, 0.29) is 5.91 Å². The van der Waals surface area contributed by atoms with Gasteiger partial charge in [-0.2, -0.15) is 0 Å². The average Bonchev–Trinajstić information content (AvgIpc) is 2.38. The molecule has 1 amide bonds. The Hall–Kier alpha value is -1.39. The second kappa shape index (κ2) is 11.4. The Kier molecular flexibility index (Phi) is 10.6. The quantitative estimate of drug-likeness (QED) is 0.540. The van der Waals surface area contributed by atoms with Crippen molar-refractivity contribution in [3.63, 3.8) is 0 Å². The minimum Gasteiger partial charge on any atom is -0.480 e. The highest BCUT2D eigenvalue weighted by atomic mass is 16.4. The van der Waals surface area contributed by atoms with Gasteiger partial charge in [-0.1, -0.05) is 26.2 Å². The summed E-state index contributed by atoms with van der Waals surface area (Å²) in [7, 11) is 0. The number of ketones is 1. The predicted molar refractivity (Wildman–Crippen MR) is 77.5 cm³/mol. The van der Waals surface area contributed by atoms with Gasteiger partial charge in [-0.05, 0) is 26.2 Å². The van der Waals surface area contributed by atoms with Gasteiger partial charge in [0.2, 0.25) is 5.91 Å². The van der Waals surface area contributed by atoms with Gasteiger partial charge in [-0.25, -0.2) is 0 Å². The number of hydrogen-bond acceptors (Lipinski definition) is 3. The Bertz CT molecular complexity index is 315. The summed E-state index contributed by atoms with van der Waals surface area (Å²) in [4.78, 5) is 33.4. The van der Waals surface area contributed by atoms with Crippen LogP contribution in [0.15, 0.2) is 0 Å². The molecule has 5 nitrogen and oxygen atoms in total. The lowest BCUT2D eigenvalue weighted by Gasteiger charge is -2.08. The summed E-state index contributed by atoms with van der Waals surface area (Å²) in [6.45, 7) is 3.55. The third kappa shape index (κ3) is 10.5. The van der Waals surface area contributed by atoms with Crippen molar-refractivity contribution in [2.45, 2.75) is 77.7 Å². The second-order valence-electron chi connectivity index (χ2n) is 5.18. The molecule has 0 aromatic heterocycles. The highest BCUT2D eigenvalue weighted by molar-refractivity contribution is 5.83. The number of rotatable bonds is 12. The molecule has 0 aliphatic carbocycles. The van der Waals surface area contributed by atoms with Crippen molar-refractivity contribution in [2.24, 2.45) is 0 Å². The van der Waals surface area contributed by atoms with E-state index in [2.05, 4.69) is 12.2 Å². The summed E-state index contributed by atoms with van der Waals surface area (Å²) < 4.78 is 0. The molecule has 116 valence electrons. The Balaban J connectivity index is 3.50. The molecule has 0 rings (SSSR count). The number of carbonyl (C=O) groups excluding carboxylic acids is 2. The Morgan fingerprint density at radius 1 is 0.950 bits per heavy atom. The van der Waals surface area contributed by atoms with Crippen LogP contribution in [0, 0.1) is 0 Å². The fraction of sp³-hybridized carbons (Fsp3) is 0.800. The maximum absolute atomic E-state index is 11.5. The summed E-state index contributed by atoms with van der Waals surface area (Å²) in [5.41, 5.74) is 0. The van der Waals surface area contributed by atoms with Crippen LogP contribution in [0.2, 0.25) is 0 Å². The summed E-state index contributed by atoms with van der Waals surface area (Å²) >= 11 is 0. The zero-order chi connectivity index (χ0) is 15.4. The van der Waals surface area contributed by atoms with Crippen LogP contribution in [0.4, 0.5) is 0 Å². The molecule has 1 atom stereocenters. The van der Waals surface area contributed by atoms with Crippen LogP contribution in [0.5, 0.6) is 0 Å². The molecule has 0 radical (unpaired) electrons. The fourth-order valence-electron chi connectivity index (χ4n) is 1.86. The van der Waals surface area contributed by atoms with Crippen molar-refractivity contribution in [1.29, 1.82) is 0 Å². The second-order valence-corrected chi connectivity index (χ2v) is 5.18. The van der Waals surface area contributed by atoms with Crippen molar-refractivity contribution in [1.82, 2.24) is 5.32 Å². The lowest BCUT2D eigenvalue weighted by Crippen LogP contribution is -2.38. The van der Waals surface area contributed by atoms with Gasteiger partial charge >= 0.3 is 5.97 Å². The molecule has 0 aliphatic heterocycles. The van der Waals surface area contributed by atoms with Crippen LogP contribution in [0.25, 0.3) is 0 Å². The number of unbranched alkanes of at least 4 members (excludes halogenated alkanes) is 4. The number of carboxylic acid groups (broad SMARTS) is 1. The monoisotopic (exact) mass is 285 g/mol. The number of amides is 1. The van der Waals surface area contributed by atoms with Crippen molar-refractivity contribution in [2.75, 3.05) is 0 Å². The topological polar surface area (TPSA) is 83.5 Å². The predicted octanol–water partition coefficient (Wildman–Crippen LogP) is 2.68. The SMILES string of the molecule is CCCCCC(=O)CCCCCC(=O)N[C@@H](C)C(=O)O. The fourth-order valence-corrected chi connectivity index (χ4v) is 1.86. The van der Waals surface area contributed by atoms with Gasteiger partial charge in [0.05, 0.1) is 0 Å². The first-order chi connectivity index (χ1) is 9.47. The molecule has 0 heterocycles. The molecule has 2 N–H and O–H groups in total. The number of carbonyl (C=O) groups is 3. The normalized spacial score (nSPS) is 11.9. The molecule has 0 unspecified atom stereocenters. The average molecular weight is 285 g/mol. The van der Waals surface area contributed by atoms with Crippen LogP contribution in [0.3, 0.4) is 0 Å². The van der Waals surface area contributed by atoms with E-state index in [4.69, 9.17) is 5.11 Å². The Morgan fingerprint density at radius 3 is 2.05 bits per heavy atom. The highest BCUT2D eigenvalue weighted by Gasteiger charge is 2.13. The molecule has 0 saturated heterocycles. The van der Waals surface area contributed by atoms with Gasteiger partial charge < -0.3 is 10.4 Å². The molecule has 0 spiro atoms. The summed E-state index contributed by atoms with van der Waals surface area (Å²) in [6.07, 6.45) is 7.13. The smallest absolute Gasteiger partial charge is 0.325 e. The molecule has 0 bridgehead atoms. The lowest BCUT2D eigenvalue weighted by molar-refractivity contribution is -0.141. The first kappa shape index (κ1) is 18.6. The molecule has 0 aromatic rings. The summed E-state index contributed by atoms with van der Waals surface area (Å²) in [6, 6.07) is -0.845. The minimum absolute atomic E-state index is 0.242. The zero-order valence-corrected chi connectivity index (χ0v) is 12.6. The molecule has 0 aromatic carbocycles. The third-order valence-corrected chi connectivity index (χ3v) is 3.17. The van der Waals surface area contributed by atoms with E-state index in [1.807, 2.05) is 0 Å². The van der Waals surface area contributed by atoms with Gasteiger partial charge in [-0.15, -0.1) is 0 Å². The van der Waals surface area contributed by atoms with E-state index >= 15 is 0 Å². The van der Waals surface area contributed by atoms with E-state index in [1.54, 1.807) is 0 Å². The Labute approximate surface area is 121 Å². The number of carboxylic acids is 1. The molecular formula is C15H27NO4. The highest BCUT2D eigenvalue weighted by Crippen LogP contribution is 2.08.